The van der Waals surface area contributed by atoms with Gasteiger partial charge in [-0.15, -0.1) is 0 Å². The molecule has 0 radical (unpaired) electrons. The number of allylic oxidation sites excluding steroid dienone is 3. The topological polar surface area (TPSA) is 54.0 Å². The first-order chi connectivity index (χ1) is 22.7. The molecule has 0 spiro atoms. The van der Waals surface area contributed by atoms with Gasteiger partial charge in [0.05, 0.1) is 31.5 Å². The highest BCUT2D eigenvalue weighted by atomic mass is 16.5. The molecule has 1 aromatic carbocycles. The van der Waals surface area contributed by atoms with E-state index < -0.39 is 5.97 Å². The van der Waals surface area contributed by atoms with Crippen LogP contribution in [0.4, 0.5) is 0 Å². The van der Waals surface area contributed by atoms with Gasteiger partial charge in [-0.25, -0.2) is 4.79 Å². The Kier molecular flexibility index (Phi) is 27.8. The maximum atomic E-state index is 12.5. The minimum atomic E-state index is -0.449. The number of carbonyl (C=O) groups is 1. The molecule has 0 N–H and O–H groups in total. The number of hydrogen-bond donors (Lipinski definition) is 0. The molecule has 0 aliphatic rings. The fourth-order valence-corrected chi connectivity index (χ4v) is 5.32. The van der Waals surface area contributed by atoms with Gasteiger partial charge in [-0.2, -0.15) is 0 Å². The first-order valence-electron chi connectivity index (χ1n) is 18.9. The van der Waals surface area contributed by atoms with Crippen molar-refractivity contribution in [1.29, 1.82) is 0 Å². The average Bonchev–Trinajstić information content (AvgIpc) is 3.07. The van der Waals surface area contributed by atoms with Crippen LogP contribution in [0.2, 0.25) is 0 Å². The number of hydrogen-bond acceptors (Lipinski definition) is 5. The molecule has 0 atom stereocenters. The van der Waals surface area contributed by atoms with Gasteiger partial charge in [0.1, 0.15) is 0 Å². The van der Waals surface area contributed by atoms with Crippen molar-refractivity contribution >= 4 is 5.97 Å². The zero-order chi connectivity index (χ0) is 33.3. The molecule has 0 bridgehead atoms. The van der Waals surface area contributed by atoms with Crippen LogP contribution in [0.15, 0.2) is 49.1 Å². The van der Waals surface area contributed by atoms with E-state index in [1.165, 1.54) is 123 Å². The van der Waals surface area contributed by atoms with Crippen LogP contribution in [-0.4, -0.2) is 13.1 Å². The Morgan fingerprint density at radius 2 is 0.826 bits per heavy atom. The summed E-state index contributed by atoms with van der Waals surface area (Å²) in [7, 11) is 1.38. The Hall–Kier alpha value is -2.69. The van der Waals surface area contributed by atoms with Gasteiger partial charge in [-0.3, -0.25) is 0 Å². The fraction of sp³-hybridized carbons (Fsp3) is 0.683. The molecule has 5 nitrogen and oxygen atoms in total. The van der Waals surface area contributed by atoms with Gasteiger partial charge in [-0.1, -0.05) is 136 Å². The molecular weight excluding hydrogens is 572 g/mol. The minimum absolute atomic E-state index is 0.355. The second-order valence-corrected chi connectivity index (χ2v) is 12.5. The van der Waals surface area contributed by atoms with E-state index >= 15 is 0 Å². The molecule has 1 rings (SSSR count). The number of ether oxygens (including phenoxy) is 4. The molecule has 0 saturated carbocycles. The second kappa shape index (κ2) is 30.9. The summed E-state index contributed by atoms with van der Waals surface area (Å²) in [4.78, 5) is 12.5. The van der Waals surface area contributed by atoms with Crippen LogP contribution >= 0.6 is 0 Å². The largest absolute Gasteiger partial charge is 0.465 e. The highest BCUT2D eigenvalue weighted by molar-refractivity contribution is 5.91. The summed E-state index contributed by atoms with van der Waals surface area (Å²) in [5, 5.41) is 0. The first kappa shape index (κ1) is 41.3. The number of carbonyl (C=O) groups excluding carboxylic acids is 1. The molecule has 0 aliphatic carbocycles. The van der Waals surface area contributed by atoms with Crippen molar-refractivity contribution < 1.29 is 23.7 Å². The monoisotopic (exact) mass is 641 g/mol. The Balaban J connectivity index is 2.87. The quantitative estimate of drug-likeness (QED) is 0.0459. The van der Waals surface area contributed by atoms with Gasteiger partial charge >= 0.3 is 5.97 Å². The van der Waals surface area contributed by atoms with Gasteiger partial charge in [0, 0.05) is 0 Å². The predicted molar refractivity (Wildman–Crippen MR) is 195 cm³/mol. The molecule has 0 unspecified atom stereocenters. The van der Waals surface area contributed by atoms with Crippen LogP contribution in [0.25, 0.3) is 0 Å². The number of methoxy groups -OCH3 is 1. The lowest BCUT2D eigenvalue weighted by Gasteiger charge is -2.14. The van der Waals surface area contributed by atoms with Crippen molar-refractivity contribution in [2.24, 2.45) is 0 Å². The summed E-state index contributed by atoms with van der Waals surface area (Å²) in [6.07, 6.45) is 40.9. The molecule has 0 aromatic heterocycles. The van der Waals surface area contributed by atoms with Crippen molar-refractivity contribution in [2.45, 2.75) is 175 Å². The highest BCUT2D eigenvalue weighted by Crippen LogP contribution is 2.40. The van der Waals surface area contributed by atoms with Gasteiger partial charge in [-0.05, 0) is 68.9 Å². The molecule has 0 heterocycles. The van der Waals surface area contributed by atoms with Gasteiger partial charge in [0.15, 0.2) is 11.5 Å². The highest BCUT2D eigenvalue weighted by Gasteiger charge is 2.18. The van der Waals surface area contributed by atoms with Crippen molar-refractivity contribution in [3.05, 3.63) is 54.7 Å². The Labute approximate surface area is 283 Å². The summed E-state index contributed by atoms with van der Waals surface area (Å²) >= 11 is 0. The predicted octanol–water partition coefficient (Wildman–Crippen LogP) is 13.6. The maximum Gasteiger partial charge on any atom is 0.338 e. The number of unbranched alkanes of at least 4 members (excludes halogenated alkanes) is 21. The molecule has 0 fully saturated rings. The molecule has 262 valence electrons. The second-order valence-electron chi connectivity index (χ2n) is 12.5. The Morgan fingerprint density at radius 1 is 0.500 bits per heavy atom. The molecular formula is C41H68O5. The summed E-state index contributed by atoms with van der Waals surface area (Å²) in [6, 6.07) is 3.33. The van der Waals surface area contributed by atoms with Crippen LogP contribution < -0.4 is 14.2 Å². The van der Waals surface area contributed by atoms with E-state index in [1.54, 1.807) is 30.9 Å². The van der Waals surface area contributed by atoms with Crippen molar-refractivity contribution in [3.8, 4) is 17.2 Å². The molecule has 0 amide bonds. The Morgan fingerprint density at radius 3 is 1.17 bits per heavy atom. The SMILES string of the molecule is CCCCCCCCCC=COc1cc(C(=O)OC)cc(OC=CCCCCCCCCC)c1OC=CCCCCCCCCC. The van der Waals surface area contributed by atoms with Crippen LogP contribution in [-0.2, 0) is 4.74 Å². The zero-order valence-corrected chi connectivity index (χ0v) is 30.1. The summed E-state index contributed by atoms with van der Waals surface area (Å²) in [5.41, 5.74) is 0.355. The summed E-state index contributed by atoms with van der Waals surface area (Å²) in [6.45, 7) is 6.75. The molecule has 0 aliphatic heterocycles. The zero-order valence-electron chi connectivity index (χ0n) is 30.1. The van der Waals surface area contributed by atoms with E-state index in [1.807, 2.05) is 12.2 Å². The molecule has 5 heteroatoms. The van der Waals surface area contributed by atoms with Gasteiger partial charge in [0.2, 0.25) is 5.75 Å². The third-order valence-electron chi connectivity index (χ3n) is 8.23. The van der Waals surface area contributed by atoms with Crippen molar-refractivity contribution in [2.75, 3.05) is 7.11 Å². The summed E-state index contributed by atoms with van der Waals surface area (Å²) < 4.78 is 23.3. The van der Waals surface area contributed by atoms with E-state index in [2.05, 4.69) is 26.8 Å². The first-order valence-corrected chi connectivity index (χ1v) is 18.9. The number of rotatable bonds is 31. The van der Waals surface area contributed by atoms with Gasteiger partial charge in [0.25, 0.3) is 0 Å². The minimum Gasteiger partial charge on any atom is -0.465 e. The third kappa shape index (κ3) is 21.9. The molecule has 46 heavy (non-hydrogen) atoms. The standard InChI is InChI=1S/C41H68O5/c1-5-8-11-14-17-20-23-26-29-32-44-38-35-37(41(42)43-4)36-39(45-33-30-27-24-21-18-15-12-9-6-2)40(38)46-34-31-28-25-22-19-16-13-10-7-3/h29-36H,5-28H2,1-4H3. The Bertz CT molecular complexity index is 897. The lowest BCUT2D eigenvalue weighted by Crippen LogP contribution is -2.03. The van der Waals surface area contributed by atoms with Crippen molar-refractivity contribution in [3.63, 3.8) is 0 Å². The molecule has 1 aromatic rings. The van der Waals surface area contributed by atoms with E-state index in [0.29, 0.717) is 22.8 Å². The van der Waals surface area contributed by atoms with Crippen LogP contribution in [0.5, 0.6) is 17.2 Å². The fourth-order valence-electron chi connectivity index (χ4n) is 5.32. The van der Waals surface area contributed by atoms with Crippen LogP contribution in [0.3, 0.4) is 0 Å². The smallest absolute Gasteiger partial charge is 0.338 e. The maximum absolute atomic E-state index is 12.5. The van der Waals surface area contributed by atoms with E-state index in [-0.39, 0.29) is 0 Å². The lowest BCUT2D eigenvalue weighted by molar-refractivity contribution is 0.0600. The van der Waals surface area contributed by atoms with Crippen molar-refractivity contribution in [1.82, 2.24) is 0 Å². The average molecular weight is 641 g/mol. The summed E-state index contributed by atoms with van der Waals surface area (Å²) in [5.74, 6) is 0.851. The van der Waals surface area contributed by atoms with Gasteiger partial charge < -0.3 is 18.9 Å². The number of benzene rings is 1. The van der Waals surface area contributed by atoms with Crippen LogP contribution in [0, 0.1) is 0 Å². The lowest BCUT2D eigenvalue weighted by atomic mass is 10.1. The third-order valence-corrected chi connectivity index (χ3v) is 8.23. The van der Waals surface area contributed by atoms with Crippen LogP contribution in [0.1, 0.15) is 185 Å². The van der Waals surface area contributed by atoms with E-state index in [0.717, 1.165) is 38.5 Å². The van der Waals surface area contributed by atoms with E-state index in [9.17, 15) is 4.79 Å². The normalized spacial score (nSPS) is 11.7. The molecule has 0 saturated heterocycles. The number of esters is 1. The van der Waals surface area contributed by atoms with E-state index in [4.69, 9.17) is 18.9 Å².